The van der Waals surface area contributed by atoms with Crippen molar-refractivity contribution in [2.24, 2.45) is 5.92 Å². The first-order chi connectivity index (χ1) is 14.2. The van der Waals surface area contributed by atoms with E-state index in [2.05, 4.69) is 25.9 Å². The van der Waals surface area contributed by atoms with Crippen LogP contribution in [0.15, 0.2) is 59.8 Å². The second kappa shape index (κ2) is 9.24. The Morgan fingerprint density at radius 2 is 1.97 bits per heavy atom. The zero-order chi connectivity index (χ0) is 20.1. The van der Waals surface area contributed by atoms with E-state index in [-0.39, 0.29) is 5.82 Å². The summed E-state index contributed by atoms with van der Waals surface area (Å²) in [5.41, 5.74) is 3.95. The van der Waals surface area contributed by atoms with Crippen LogP contribution in [0.25, 0.3) is 11.1 Å². The van der Waals surface area contributed by atoms with Gasteiger partial charge >= 0.3 is 0 Å². The first-order valence-electron chi connectivity index (χ1n) is 9.77. The van der Waals surface area contributed by atoms with Gasteiger partial charge in [0.05, 0.1) is 6.20 Å². The topological polar surface area (TPSA) is 67.8 Å². The summed E-state index contributed by atoms with van der Waals surface area (Å²) in [6, 6.07) is 12.8. The number of anilines is 1. The van der Waals surface area contributed by atoms with Crippen molar-refractivity contribution in [1.29, 1.82) is 5.41 Å². The average molecular weight is 410 g/mol. The number of aromatic nitrogens is 2. The predicted molar refractivity (Wildman–Crippen MR) is 117 cm³/mol. The number of nitrogens with one attached hydrogen (secondary N) is 3. The Hall–Kier alpha value is -2.64. The van der Waals surface area contributed by atoms with E-state index in [4.69, 9.17) is 5.41 Å². The van der Waals surface area contributed by atoms with E-state index >= 15 is 0 Å². The maximum absolute atomic E-state index is 13.0. The summed E-state index contributed by atoms with van der Waals surface area (Å²) >= 11 is 1.70. The Kier molecular flexibility index (Phi) is 6.27. The first-order valence-corrected chi connectivity index (χ1v) is 10.5. The Balaban J connectivity index is 1.29. The van der Waals surface area contributed by atoms with Crippen LogP contribution in [0.5, 0.6) is 0 Å². The standard InChI is InChI=1S/C22H24FN5S/c23-20-2-4-21(5-3-20)29-28-9-7-16(8-10-28)13-25-22-6-1-17(11-18(22)12-24)19-14-26-27-15-19/h1-6,11-12,14-16,24-25H,7-10,13H2,(H,26,27). The number of halogens is 1. The number of piperidine rings is 1. The maximum Gasteiger partial charge on any atom is 0.123 e. The van der Waals surface area contributed by atoms with Crippen molar-refractivity contribution in [3.63, 3.8) is 0 Å². The van der Waals surface area contributed by atoms with E-state index < -0.39 is 0 Å². The minimum Gasteiger partial charge on any atom is -0.384 e. The van der Waals surface area contributed by atoms with Gasteiger partial charge in [0.15, 0.2) is 0 Å². The zero-order valence-electron chi connectivity index (χ0n) is 16.1. The maximum atomic E-state index is 13.0. The molecule has 1 aliphatic rings. The van der Waals surface area contributed by atoms with Crippen LogP contribution in [0.4, 0.5) is 10.1 Å². The van der Waals surface area contributed by atoms with Gasteiger partial charge in [-0.1, -0.05) is 6.07 Å². The van der Waals surface area contributed by atoms with Gasteiger partial charge in [-0.15, -0.1) is 0 Å². The molecule has 5 nitrogen and oxygen atoms in total. The van der Waals surface area contributed by atoms with Crippen molar-refractivity contribution in [1.82, 2.24) is 14.5 Å². The van der Waals surface area contributed by atoms with E-state index in [0.29, 0.717) is 5.92 Å². The molecule has 3 N–H and O–H groups in total. The summed E-state index contributed by atoms with van der Waals surface area (Å²) in [5, 5.41) is 18.1. The summed E-state index contributed by atoms with van der Waals surface area (Å²) in [4.78, 5) is 1.08. The highest BCUT2D eigenvalue weighted by molar-refractivity contribution is 7.97. The molecular weight excluding hydrogens is 385 g/mol. The summed E-state index contributed by atoms with van der Waals surface area (Å²) in [7, 11) is 0. The molecule has 0 saturated carbocycles. The van der Waals surface area contributed by atoms with E-state index in [0.717, 1.165) is 59.7 Å². The molecule has 0 aliphatic carbocycles. The van der Waals surface area contributed by atoms with Gasteiger partial charge in [0.25, 0.3) is 0 Å². The molecule has 0 bridgehead atoms. The molecule has 4 rings (SSSR count). The van der Waals surface area contributed by atoms with Crippen molar-refractivity contribution < 1.29 is 4.39 Å². The van der Waals surface area contributed by atoms with Crippen LogP contribution in [-0.2, 0) is 0 Å². The fourth-order valence-corrected chi connectivity index (χ4v) is 4.48. The third kappa shape index (κ3) is 5.05. The molecule has 0 unspecified atom stereocenters. The Morgan fingerprint density at radius 3 is 2.66 bits per heavy atom. The summed E-state index contributed by atoms with van der Waals surface area (Å²) in [5.74, 6) is 0.411. The summed E-state index contributed by atoms with van der Waals surface area (Å²) < 4.78 is 15.4. The number of benzene rings is 2. The lowest BCUT2D eigenvalue weighted by atomic mass is 9.97. The minimum absolute atomic E-state index is 0.193. The third-order valence-corrected chi connectivity index (χ3v) is 6.35. The van der Waals surface area contributed by atoms with Crippen molar-refractivity contribution in [3.05, 3.63) is 66.2 Å². The highest BCUT2D eigenvalue weighted by Gasteiger charge is 2.20. The lowest BCUT2D eigenvalue weighted by Gasteiger charge is -2.31. The fourth-order valence-electron chi connectivity index (χ4n) is 3.53. The van der Waals surface area contributed by atoms with Crippen LogP contribution < -0.4 is 5.32 Å². The number of hydrogen-bond donors (Lipinski definition) is 3. The fraction of sp³-hybridized carbons (Fsp3) is 0.273. The molecule has 2 heterocycles. The number of hydrogen-bond acceptors (Lipinski definition) is 5. The molecule has 2 aromatic carbocycles. The lowest BCUT2D eigenvalue weighted by molar-refractivity contribution is 0.301. The molecule has 1 aromatic heterocycles. The van der Waals surface area contributed by atoms with Gasteiger partial charge in [0.2, 0.25) is 0 Å². The highest BCUT2D eigenvalue weighted by atomic mass is 32.2. The molecule has 1 aliphatic heterocycles. The summed E-state index contributed by atoms with van der Waals surface area (Å²) in [6.45, 7) is 2.94. The second-order valence-electron chi connectivity index (χ2n) is 7.23. The van der Waals surface area contributed by atoms with Gasteiger partial charge in [-0.2, -0.15) is 5.10 Å². The number of nitrogens with zero attached hydrogens (tertiary/aromatic N) is 2. The van der Waals surface area contributed by atoms with E-state index in [1.165, 1.54) is 18.3 Å². The Morgan fingerprint density at radius 1 is 1.17 bits per heavy atom. The van der Waals surface area contributed by atoms with Gasteiger partial charge < -0.3 is 10.7 Å². The van der Waals surface area contributed by atoms with Crippen LogP contribution in [0, 0.1) is 17.1 Å². The van der Waals surface area contributed by atoms with Crippen LogP contribution in [0.2, 0.25) is 0 Å². The molecule has 1 saturated heterocycles. The van der Waals surface area contributed by atoms with Gasteiger partial charge in [-0.3, -0.25) is 5.10 Å². The molecule has 0 radical (unpaired) electrons. The minimum atomic E-state index is -0.193. The highest BCUT2D eigenvalue weighted by Crippen LogP contribution is 2.29. The molecule has 29 heavy (non-hydrogen) atoms. The molecule has 0 spiro atoms. The lowest BCUT2D eigenvalue weighted by Crippen LogP contribution is -2.31. The first kappa shape index (κ1) is 19.7. The van der Waals surface area contributed by atoms with E-state index in [1.54, 1.807) is 18.1 Å². The zero-order valence-corrected chi connectivity index (χ0v) is 16.9. The van der Waals surface area contributed by atoms with Crippen LogP contribution in [-0.4, -0.2) is 40.4 Å². The molecule has 7 heteroatoms. The smallest absolute Gasteiger partial charge is 0.123 e. The van der Waals surface area contributed by atoms with Crippen molar-refractivity contribution in [2.45, 2.75) is 17.7 Å². The normalized spacial score (nSPS) is 15.3. The number of aromatic amines is 1. The molecule has 0 atom stereocenters. The van der Waals surface area contributed by atoms with Crippen LogP contribution in [0.1, 0.15) is 18.4 Å². The number of rotatable bonds is 7. The van der Waals surface area contributed by atoms with Crippen molar-refractivity contribution >= 4 is 23.8 Å². The third-order valence-electron chi connectivity index (χ3n) is 5.24. The van der Waals surface area contributed by atoms with Gasteiger partial charge in [-0.05, 0) is 72.7 Å². The largest absolute Gasteiger partial charge is 0.384 e. The average Bonchev–Trinajstić information content (AvgIpc) is 3.30. The van der Waals surface area contributed by atoms with E-state index in [1.807, 2.05) is 30.5 Å². The van der Waals surface area contributed by atoms with Crippen LogP contribution in [0.3, 0.4) is 0 Å². The molecule has 3 aromatic rings. The quantitative estimate of drug-likeness (QED) is 0.378. The Labute approximate surface area is 174 Å². The van der Waals surface area contributed by atoms with E-state index in [9.17, 15) is 4.39 Å². The van der Waals surface area contributed by atoms with Crippen LogP contribution >= 0.6 is 11.9 Å². The molecule has 150 valence electrons. The monoisotopic (exact) mass is 409 g/mol. The number of H-pyrrole nitrogens is 1. The van der Waals surface area contributed by atoms with Gasteiger partial charge in [-0.25, -0.2) is 8.70 Å². The predicted octanol–water partition coefficient (Wildman–Crippen LogP) is 5.04. The summed E-state index contributed by atoms with van der Waals surface area (Å²) in [6.07, 6.45) is 7.28. The molecule has 0 amide bonds. The Bertz CT molecular complexity index is 934. The van der Waals surface area contributed by atoms with Gasteiger partial charge in [0, 0.05) is 53.8 Å². The van der Waals surface area contributed by atoms with Gasteiger partial charge in [0.1, 0.15) is 5.82 Å². The van der Waals surface area contributed by atoms with Crippen molar-refractivity contribution in [3.8, 4) is 11.1 Å². The SMILES string of the molecule is N=Cc1cc(-c2cn[nH]c2)ccc1NCC1CCN(Sc2ccc(F)cc2)CC1. The van der Waals surface area contributed by atoms with Crippen molar-refractivity contribution in [2.75, 3.05) is 25.0 Å². The molecule has 1 fully saturated rings. The molecular formula is C22H24FN5S. The second-order valence-corrected chi connectivity index (χ2v) is 8.40.